The molecule has 2 N–H and O–H groups in total. The fraction of sp³-hybridized carbons (Fsp3) is 0.933. The second kappa shape index (κ2) is 12.7. The lowest BCUT2D eigenvalue weighted by Crippen LogP contribution is -3.08. The number of alkyl halides is 30. The van der Waals surface area contributed by atoms with Gasteiger partial charge < -0.3 is 24.4 Å². The fourth-order valence-corrected chi connectivity index (χ4v) is 9.40. The molecular formula is C30H16F30O7. The first-order chi connectivity index (χ1) is 29.3. The highest BCUT2D eigenvalue weighted by Crippen LogP contribution is 2.88. The van der Waals surface area contributed by atoms with E-state index in [2.05, 4.69) is 14.2 Å². The summed E-state index contributed by atoms with van der Waals surface area (Å²) in [4.78, 5) is 24.1. The molecule has 0 saturated heterocycles. The third kappa shape index (κ3) is 4.11. The van der Waals surface area contributed by atoms with Crippen LogP contribution in [0.3, 0.4) is 0 Å². The number of ketones is 2. The molecule has 0 aromatic carbocycles. The Labute approximate surface area is 346 Å². The van der Waals surface area contributed by atoms with Gasteiger partial charge in [0.25, 0.3) is 34.0 Å². The molecular weight excluding hydrogens is 1040 g/mol. The summed E-state index contributed by atoms with van der Waals surface area (Å²) in [5.74, 6) is -75.4. The molecule has 0 radical (unpaired) electrons. The highest BCUT2D eigenvalue weighted by molar-refractivity contribution is 6.05. The Morgan fingerprint density at radius 1 is 0.373 bits per heavy atom. The molecule has 0 spiro atoms. The first-order valence-corrected chi connectivity index (χ1v) is 17.3. The van der Waals surface area contributed by atoms with Crippen LogP contribution in [0.25, 0.3) is 0 Å². The largest absolute Gasteiger partial charge is 0.397 e. The van der Waals surface area contributed by atoms with Crippen LogP contribution in [0.2, 0.25) is 0 Å². The van der Waals surface area contributed by atoms with Gasteiger partial charge in [0, 0.05) is 13.2 Å². The number of aliphatic hydroxyl groups excluding tert-OH is 2. The number of ether oxygens (including phenoxy) is 3. The average Bonchev–Trinajstić information content (AvgIpc) is 3.20. The number of rotatable bonds is 14. The number of aliphatic hydroxyl groups is 2. The van der Waals surface area contributed by atoms with Crippen LogP contribution in [0.5, 0.6) is 0 Å². The van der Waals surface area contributed by atoms with E-state index >= 15 is 43.9 Å². The molecule has 12 atom stereocenters. The fourth-order valence-electron chi connectivity index (χ4n) is 9.40. The summed E-state index contributed by atoms with van der Waals surface area (Å²) < 4.78 is 460. The molecule has 8 saturated carbocycles. The number of Topliss-reactive ketones (excluding diaryl/α,β-unsaturated/α-hetero) is 2. The van der Waals surface area contributed by atoms with Gasteiger partial charge in [-0.3, -0.25) is 9.59 Å². The van der Waals surface area contributed by atoms with E-state index in [1.54, 1.807) is 0 Å². The van der Waals surface area contributed by atoms with E-state index in [9.17, 15) is 108 Å². The van der Waals surface area contributed by atoms with Gasteiger partial charge in [-0.2, -0.15) is 87.8 Å². The summed E-state index contributed by atoms with van der Waals surface area (Å²) in [5.41, 5.74) is -79.8. The van der Waals surface area contributed by atoms with E-state index in [1.165, 1.54) is 0 Å². The molecule has 0 aromatic rings. The number of hydrogen-bond acceptors (Lipinski definition) is 7. The third-order valence-corrected chi connectivity index (χ3v) is 13.0. The molecule has 8 bridgehead atoms. The zero-order chi connectivity index (χ0) is 52.7. The number of carbonyl (C=O) groups excluding carboxylic acids is 2. The summed E-state index contributed by atoms with van der Waals surface area (Å²) in [7, 11) is 0. The SMILES string of the molecule is O=C1C2(F)C(F)(F)C3(F)C(F)(F)C1(F)C(F)(C(F)(F)OCC(O)CCOCCC(O)COC(F)(F)C1(F)C4(F)C(=O)C5(F)C(F)(F)C(F)(C4(F)F)C(F)(F)C1(F)C5(F)F)C(F)(C2(F)F)C3(F)F. The van der Waals surface area contributed by atoms with Gasteiger partial charge >= 0.3 is 82.3 Å². The van der Waals surface area contributed by atoms with Gasteiger partial charge in [-0.05, 0) is 12.8 Å². The quantitative estimate of drug-likeness (QED) is 0.141. The molecule has 388 valence electrons. The van der Waals surface area contributed by atoms with Crippen molar-refractivity contribution in [1.82, 2.24) is 0 Å². The maximum atomic E-state index is 15.9. The predicted molar refractivity (Wildman–Crippen MR) is 142 cm³/mol. The maximum absolute atomic E-state index is 15.9. The van der Waals surface area contributed by atoms with Crippen molar-refractivity contribution in [3.63, 3.8) is 0 Å². The molecule has 8 fully saturated rings. The van der Waals surface area contributed by atoms with Gasteiger partial charge in [0.05, 0.1) is 25.4 Å². The van der Waals surface area contributed by atoms with Crippen LogP contribution in [0, 0.1) is 0 Å². The van der Waals surface area contributed by atoms with Crippen LogP contribution < -0.4 is 0 Å². The summed E-state index contributed by atoms with van der Waals surface area (Å²) in [6.45, 7) is -8.20. The topological polar surface area (TPSA) is 102 Å². The Bertz CT molecular complexity index is 2010. The van der Waals surface area contributed by atoms with E-state index in [4.69, 9.17) is 0 Å². The average molecular weight is 1060 g/mol. The molecule has 8 rings (SSSR count). The molecule has 0 aliphatic heterocycles. The predicted octanol–water partition coefficient (Wildman–Crippen LogP) is 7.11. The van der Waals surface area contributed by atoms with Crippen molar-refractivity contribution in [2.24, 2.45) is 0 Å². The minimum Gasteiger partial charge on any atom is -0.391 e. The van der Waals surface area contributed by atoms with Crippen molar-refractivity contribution in [1.29, 1.82) is 0 Å². The van der Waals surface area contributed by atoms with E-state index in [-0.39, 0.29) is 0 Å². The van der Waals surface area contributed by atoms with E-state index in [0.29, 0.717) is 0 Å². The van der Waals surface area contributed by atoms with Crippen molar-refractivity contribution in [3.8, 4) is 0 Å². The highest BCUT2D eigenvalue weighted by Gasteiger charge is 3.23. The molecule has 67 heavy (non-hydrogen) atoms. The second-order valence-electron chi connectivity index (χ2n) is 16.0. The molecule has 12 unspecified atom stereocenters. The van der Waals surface area contributed by atoms with Crippen molar-refractivity contribution >= 4 is 11.6 Å². The Kier molecular flexibility index (Phi) is 10.1. The molecule has 8 aliphatic rings. The molecule has 37 heteroatoms. The summed E-state index contributed by atoms with van der Waals surface area (Å²) in [6, 6.07) is 0. The van der Waals surface area contributed by atoms with E-state index in [0.717, 1.165) is 0 Å². The Morgan fingerprint density at radius 3 is 0.851 bits per heavy atom. The van der Waals surface area contributed by atoms with Crippen LogP contribution >= 0.6 is 0 Å². The van der Waals surface area contributed by atoms with Crippen LogP contribution in [-0.4, -0.2) is 177 Å². The van der Waals surface area contributed by atoms with Crippen molar-refractivity contribution in [2.75, 3.05) is 26.4 Å². The highest BCUT2D eigenvalue weighted by atomic mass is 19.4. The Hall–Kier alpha value is -2.96. The van der Waals surface area contributed by atoms with Gasteiger partial charge in [-0.15, -0.1) is 0 Å². The molecule has 0 aromatic heterocycles. The number of carbonyl (C=O) groups is 2. The standard InChI is InChI=1S/C30H16F30O7/c31-11-9(63)13(33)23(45,46)17(37,27(53,54)19(39,21(11,41)42)25(13,49)50)15(11,35)29(57,58)66-5-7(61)1-3-65-4-2-8(62)6-67-30(59,60)16(36)12(32)10(64)14(34)24(47,48)18(16,38)28(55,56)20(40,22(12,43)44)26(14,51)52/h7-8,61-62H,1-6H2. The normalized spacial score (nSPS) is 47.3. The van der Waals surface area contributed by atoms with Crippen molar-refractivity contribution in [3.05, 3.63) is 0 Å². The van der Waals surface area contributed by atoms with Crippen LogP contribution in [0.4, 0.5) is 132 Å². The van der Waals surface area contributed by atoms with Crippen LogP contribution in [0.1, 0.15) is 12.8 Å². The van der Waals surface area contributed by atoms with Gasteiger partial charge in [-0.1, -0.05) is 0 Å². The minimum absolute atomic E-state index is 1.40. The monoisotopic (exact) mass is 1060 g/mol. The van der Waals surface area contributed by atoms with E-state index in [1.807, 2.05) is 0 Å². The summed E-state index contributed by atoms with van der Waals surface area (Å²) in [6.07, 6.45) is -24.1. The summed E-state index contributed by atoms with van der Waals surface area (Å²) >= 11 is 0. The maximum Gasteiger partial charge on any atom is 0.397 e. The van der Waals surface area contributed by atoms with Gasteiger partial charge in [0.1, 0.15) is 0 Å². The molecule has 8 aliphatic carbocycles. The van der Waals surface area contributed by atoms with Crippen molar-refractivity contribution in [2.45, 2.75) is 141 Å². The van der Waals surface area contributed by atoms with Gasteiger partial charge in [0.15, 0.2) is 0 Å². The van der Waals surface area contributed by atoms with Gasteiger partial charge in [0.2, 0.25) is 11.6 Å². The first-order valence-electron chi connectivity index (χ1n) is 17.3. The zero-order valence-electron chi connectivity index (χ0n) is 30.7. The Morgan fingerprint density at radius 2 is 0.597 bits per heavy atom. The Balaban J connectivity index is 1.12. The molecule has 0 heterocycles. The second-order valence-corrected chi connectivity index (χ2v) is 16.0. The van der Waals surface area contributed by atoms with E-state index < -0.39 is 179 Å². The lowest BCUT2D eigenvalue weighted by atomic mass is 9.38. The van der Waals surface area contributed by atoms with Gasteiger partial charge in [-0.25, -0.2) is 43.9 Å². The number of halogens is 30. The minimum atomic E-state index is -8.36. The number of hydrogen-bond donors (Lipinski definition) is 2. The molecule has 7 nitrogen and oxygen atoms in total. The summed E-state index contributed by atoms with van der Waals surface area (Å²) in [5, 5.41) is 19.5. The first kappa shape index (κ1) is 53.4. The smallest absolute Gasteiger partial charge is 0.391 e. The zero-order valence-corrected chi connectivity index (χ0v) is 30.7. The van der Waals surface area contributed by atoms with Crippen LogP contribution in [-0.2, 0) is 23.8 Å². The lowest BCUT2D eigenvalue weighted by molar-refractivity contribution is -0.555. The van der Waals surface area contributed by atoms with Crippen molar-refractivity contribution < 1.29 is 166 Å². The third-order valence-electron chi connectivity index (χ3n) is 13.0. The molecule has 0 amide bonds. The van der Waals surface area contributed by atoms with Crippen LogP contribution in [0.15, 0.2) is 0 Å². The lowest BCUT2D eigenvalue weighted by Gasteiger charge is -2.72.